The maximum atomic E-state index is 10.8. The minimum atomic E-state index is -0.606. The van der Waals surface area contributed by atoms with E-state index in [1.807, 2.05) is 29.6 Å². The molecule has 0 fully saturated rings. The van der Waals surface area contributed by atoms with Gasteiger partial charge in [0.25, 0.3) is 0 Å². The zero-order valence-corrected chi connectivity index (χ0v) is 19.3. The summed E-state index contributed by atoms with van der Waals surface area (Å²) in [6, 6.07) is 15.5. The van der Waals surface area contributed by atoms with Crippen molar-refractivity contribution in [2.45, 2.75) is 0 Å². The summed E-state index contributed by atoms with van der Waals surface area (Å²) in [5, 5.41) is 18.1. The zero-order chi connectivity index (χ0) is 22.0. The number of halogens is 3. The number of nitrogens with zero attached hydrogens (tertiary/aromatic N) is 4. The molecule has 0 amide bonds. The lowest BCUT2D eigenvalue weighted by Gasteiger charge is -2.04. The Hall–Kier alpha value is -2.72. The topological polar surface area (TPSA) is 85.9 Å². The Bertz CT molecular complexity index is 1360. The fourth-order valence-corrected chi connectivity index (χ4v) is 4.17. The monoisotopic (exact) mass is 536 g/mol. The van der Waals surface area contributed by atoms with Crippen LogP contribution in [0.2, 0.25) is 10.0 Å². The van der Waals surface area contributed by atoms with E-state index in [9.17, 15) is 10.1 Å². The molecule has 2 aromatic carbocycles. The van der Waals surface area contributed by atoms with Gasteiger partial charge in [-0.15, -0.1) is 11.3 Å². The Morgan fingerprint density at radius 1 is 1.13 bits per heavy atom. The highest BCUT2D eigenvalue weighted by Crippen LogP contribution is 2.28. The van der Waals surface area contributed by atoms with Gasteiger partial charge in [0.2, 0.25) is 4.80 Å². The Morgan fingerprint density at radius 3 is 2.58 bits per heavy atom. The largest absolute Gasteiger partial charge is 0.433 e. The second-order valence-corrected chi connectivity index (χ2v) is 8.70. The third-order valence-corrected chi connectivity index (χ3v) is 5.93. The zero-order valence-electron chi connectivity index (χ0n) is 15.4. The van der Waals surface area contributed by atoms with Crippen LogP contribution in [0.5, 0.6) is 0 Å². The molecule has 0 spiro atoms. The van der Waals surface area contributed by atoms with Crippen LogP contribution in [0.25, 0.3) is 11.3 Å². The molecule has 156 valence electrons. The third-order valence-electron chi connectivity index (χ3n) is 4.04. The van der Waals surface area contributed by atoms with E-state index in [-0.39, 0.29) is 11.6 Å². The van der Waals surface area contributed by atoms with Crippen molar-refractivity contribution in [1.29, 1.82) is 0 Å². The Labute approximate surface area is 198 Å². The van der Waals surface area contributed by atoms with Crippen molar-refractivity contribution in [1.82, 2.24) is 4.68 Å². The molecule has 2 heterocycles. The molecule has 11 heteroatoms. The third kappa shape index (κ3) is 4.96. The summed E-state index contributed by atoms with van der Waals surface area (Å²) in [5.41, 5.74) is 2.22. The highest BCUT2D eigenvalue weighted by Gasteiger charge is 2.12. The Morgan fingerprint density at radius 2 is 1.90 bits per heavy atom. The van der Waals surface area contributed by atoms with Gasteiger partial charge in [0.05, 0.1) is 28.7 Å². The molecule has 0 atom stereocenters. The first-order valence-electron chi connectivity index (χ1n) is 8.65. The van der Waals surface area contributed by atoms with Gasteiger partial charge in [0.1, 0.15) is 4.92 Å². The number of aromatic nitrogens is 1. The van der Waals surface area contributed by atoms with Crippen molar-refractivity contribution in [2.24, 2.45) is 10.1 Å². The van der Waals surface area contributed by atoms with Gasteiger partial charge < -0.3 is 4.42 Å². The Kier molecular flexibility index (Phi) is 6.38. The number of nitro groups is 1. The maximum Gasteiger partial charge on any atom is 0.433 e. The normalized spacial score (nSPS) is 12.0. The summed E-state index contributed by atoms with van der Waals surface area (Å²) in [4.78, 5) is 15.4. The molecule has 0 bridgehead atoms. The molecule has 7 nitrogen and oxygen atoms in total. The van der Waals surface area contributed by atoms with E-state index in [0.717, 1.165) is 15.7 Å². The van der Waals surface area contributed by atoms with E-state index < -0.39 is 4.92 Å². The highest BCUT2D eigenvalue weighted by atomic mass is 79.9. The molecule has 4 aromatic rings. The summed E-state index contributed by atoms with van der Waals surface area (Å²) in [7, 11) is 0. The molecule has 2 aromatic heterocycles. The lowest BCUT2D eigenvalue weighted by molar-refractivity contribution is -0.402. The molecular weight excluding hydrogens is 527 g/mol. The van der Waals surface area contributed by atoms with Gasteiger partial charge in [0, 0.05) is 20.4 Å². The molecule has 0 aliphatic heterocycles. The SMILES string of the molecule is O=[N+]([O-])c1ccc(C=Nn2c(-c3ccc(Br)cc3)csc2=Nc2ccc(Cl)cc2Cl)o1. The standard InChI is InChI=1S/C20H11BrCl2N4O3S/c21-13-3-1-12(2-4-13)18-11-31-20(25-17-7-5-14(22)9-16(17)23)26(18)24-10-15-6-8-19(30-15)27(28)29/h1-11H. The van der Waals surface area contributed by atoms with Gasteiger partial charge >= 0.3 is 5.88 Å². The van der Waals surface area contributed by atoms with Crippen LogP contribution in [0, 0.1) is 10.1 Å². The number of benzene rings is 2. The van der Waals surface area contributed by atoms with Crippen LogP contribution in [0.15, 0.2) is 79.0 Å². The van der Waals surface area contributed by atoms with Crippen LogP contribution in [0.4, 0.5) is 11.6 Å². The first-order valence-corrected chi connectivity index (χ1v) is 11.1. The predicted molar refractivity (Wildman–Crippen MR) is 125 cm³/mol. The fraction of sp³-hybridized carbons (Fsp3) is 0. The minimum Gasteiger partial charge on any atom is -0.400 e. The summed E-state index contributed by atoms with van der Waals surface area (Å²) in [5.74, 6) is -0.120. The molecular formula is C20H11BrCl2N4O3S. The van der Waals surface area contributed by atoms with Crippen LogP contribution in [0.3, 0.4) is 0 Å². The first kappa shape index (κ1) is 21.5. The number of rotatable bonds is 5. The van der Waals surface area contributed by atoms with Crippen LogP contribution < -0.4 is 4.80 Å². The van der Waals surface area contributed by atoms with Crippen molar-refractivity contribution in [3.63, 3.8) is 0 Å². The number of hydrogen-bond acceptors (Lipinski definition) is 6. The fourth-order valence-electron chi connectivity index (χ4n) is 2.61. The average molecular weight is 538 g/mol. The second-order valence-electron chi connectivity index (χ2n) is 6.11. The van der Waals surface area contributed by atoms with E-state index in [2.05, 4.69) is 26.0 Å². The van der Waals surface area contributed by atoms with Gasteiger partial charge in [-0.1, -0.05) is 51.3 Å². The van der Waals surface area contributed by atoms with E-state index in [0.29, 0.717) is 20.5 Å². The molecule has 0 aliphatic carbocycles. The van der Waals surface area contributed by atoms with Gasteiger partial charge in [-0.05, 0) is 36.4 Å². The smallest absolute Gasteiger partial charge is 0.400 e. The van der Waals surface area contributed by atoms with Crippen molar-refractivity contribution < 1.29 is 9.34 Å². The molecule has 0 radical (unpaired) electrons. The van der Waals surface area contributed by atoms with Crippen LogP contribution >= 0.6 is 50.5 Å². The van der Waals surface area contributed by atoms with Crippen molar-refractivity contribution in [2.75, 3.05) is 0 Å². The van der Waals surface area contributed by atoms with E-state index in [4.69, 9.17) is 27.6 Å². The van der Waals surface area contributed by atoms with E-state index in [1.165, 1.54) is 29.7 Å². The van der Waals surface area contributed by atoms with Gasteiger partial charge in [0.15, 0.2) is 5.76 Å². The number of thiazole rings is 1. The van der Waals surface area contributed by atoms with Crippen molar-refractivity contribution in [3.05, 3.63) is 95.2 Å². The molecule has 0 unspecified atom stereocenters. The number of furan rings is 1. The first-order chi connectivity index (χ1) is 14.9. The van der Waals surface area contributed by atoms with E-state index >= 15 is 0 Å². The Balaban J connectivity index is 1.83. The quantitative estimate of drug-likeness (QED) is 0.157. The summed E-state index contributed by atoms with van der Waals surface area (Å²) in [6.07, 6.45) is 1.39. The molecule has 0 saturated carbocycles. The molecule has 0 saturated heterocycles. The van der Waals surface area contributed by atoms with Gasteiger partial charge in [-0.2, -0.15) is 5.10 Å². The van der Waals surface area contributed by atoms with Crippen LogP contribution in [-0.2, 0) is 0 Å². The van der Waals surface area contributed by atoms with Crippen molar-refractivity contribution in [3.8, 4) is 11.3 Å². The van der Waals surface area contributed by atoms with Gasteiger partial charge in [-0.25, -0.2) is 9.67 Å². The lowest BCUT2D eigenvalue weighted by Crippen LogP contribution is -2.11. The van der Waals surface area contributed by atoms with Gasteiger partial charge in [-0.3, -0.25) is 10.1 Å². The average Bonchev–Trinajstić information content (AvgIpc) is 3.36. The highest BCUT2D eigenvalue weighted by molar-refractivity contribution is 9.10. The predicted octanol–water partition coefficient (Wildman–Crippen LogP) is 6.90. The maximum absolute atomic E-state index is 10.8. The molecule has 0 N–H and O–H groups in total. The molecule has 31 heavy (non-hydrogen) atoms. The molecule has 4 rings (SSSR count). The summed E-state index contributed by atoms with van der Waals surface area (Å²) >= 11 is 17.0. The minimum absolute atomic E-state index is 0.239. The lowest BCUT2D eigenvalue weighted by atomic mass is 10.2. The summed E-state index contributed by atoms with van der Waals surface area (Å²) < 4.78 is 7.73. The molecule has 0 aliphatic rings. The summed E-state index contributed by atoms with van der Waals surface area (Å²) in [6.45, 7) is 0. The number of hydrogen-bond donors (Lipinski definition) is 0. The van der Waals surface area contributed by atoms with Crippen LogP contribution in [0.1, 0.15) is 5.76 Å². The van der Waals surface area contributed by atoms with Crippen molar-refractivity contribution >= 4 is 68.3 Å². The van der Waals surface area contributed by atoms with E-state index in [1.54, 1.807) is 22.9 Å². The van der Waals surface area contributed by atoms with Crippen LogP contribution in [-0.4, -0.2) is 15.8 Å². The second kappa shape index (κ2) is 9.19.